The fourth-order valence-corrected chi connectivity index (χ4v) is 5.41. The fraction of sp³-hybridized carbons (Fsp3) is 0.409. The summed E-state index contributed by atoms with van der Waals surface area (Å²) in [6.07, 6.45) is 0.958. The van der Waals surface area contributed by atoms with Crippen molar-refractivity contribution in [1.82, 2.24) is 4.31 Å². The van der Waals surface area contributed by atoms with Gasteiger partial charge in [0.15, 0.2) is 0 Å². The zero-order valence-electron chi connectivity index (χ0n) is 18.1. The SMILES string of the molecule is CCOc1ccc(N(CC)S(=O)(=O)N2CCC[C@@H](C(=O)Nc3ccc(F)cc3F)C2)cc1. The molecule has 1 heterocycles. The van der Waals surface area contributed by atoms with Gasteiger partial charge in [0.25, 0.3) is 0 Å². The van der Waals surface area contributed by atoms with E-state index in [0.29, 0.717) is 37.0 Å². The number of carbonyl (C=O) groups excluding carboxylic acids is 1. The first-order valence-corrected chi connectivity index (χ1v) is 11.9. The van der Waals surface area contributed by atoms with Crippen LogP contribution in [-0.4, -0.2) is 44.9 Å². The van der Waals surface area contributed by atoms with Gasteiger partial charge < -0.3 is 10.1 Å². The van der Waals surface area contributed by atoms with Crippen molar-refractivity contribution in [3.05, 3.63) is 54.1 Å². The minimum absolute atomic E-state index is 0.0233. The summed E-state index contributed by atoms with van der Waals surface area (Å²) in [6.45, 7) is 4.58. The highest BCUT2D eigenvalue weighted by molar-refractivity contribution is 7.90. The maximum Gasteiger partial charge on any atom is 0.304 e. The van der Waals surface area contributed by atoms with Crippen LogP contribution in [0, 0.1) is 17.6 Å². The van der Waals surface area contributed by atoms with Gasteiger partial charge in [0.05, 0.1) is 23.9 Å². The molecule has 10 heteroatoms. The molecule has 3 rings (SSSR count). The van der Waals surface area contributed by atoms with Gasteiger partial charge in [-0.05, 0) is 63.1 Å². The second-order valence-electron chi connectivity index (χ2n) is 7.41. The highest BCUT2D eigenvalue weighted by Gasteiger charge is 2.36. The van der Waals surface area contributed by atoms with Crippen molar-refractivity contribution in [2.45, 2.75) is 26.7 Å². The highest BCUT2D eigenvalue weighted by atomic mass is 32.2. The Morgan fingerprint density at radius 2 is 1.91 bits per heavy atom. The Morgan fingerprint density at radius 1 is 1.19 bits per heavy atom. The van der Waals surface area contributed by atoms with Crippen molar-refractivity contribution in [1.29, 1.82) is 0 Å². The standard InChI is InChI=1S/C22H27F2N3O4S/c1-3-27(18-8-10-19(11-9-18)31-4-2)32(29,30)26-13-5-6-16(15-26)22(28)25-21-12-7-17(23)14-20(21)24/h7-12,14,16H,3-6,13,15H2,1-2H3,(H,25,28)/t16-/m1/s1. The zero-order valence-corrected chi connectivity index (χ0v) is 18.9. The summed E-state index contributed by atoms with van der Waals surface area (Å²) in [5.41, 5.74) is 0.358. The number of nitrogens with zero attached hydrogens (tertiary/aromatic N) is 2. The molecule has 174 valence electrons. The highest BCUT2D eigenvalue weighted by Crippen LogP contribution is 2.27. The van der Waals surface area contributed by atoms with Crippen molar-refractivity contribution in [3.8, 4) is 5.75 Å². The molecule has 1 fully saturated rings. The molecule has 0 aliphatic carbocycles. The van der Waals surface area contributed by atoms with E-state index < -0.39 is 33.7 Å². The third-order valence-electron chi connectivity index (χ3n) is 5.27. The third kappa shape index (κ3) is 5.36. The van der Waals surface area contributed by atoms with Crippen LogP contribution in [0.5, 0.6) is 5.75 Å². The van der Waals surface area contributed by atoms with Gasteiger partial charge in [-0.1, -0.05) is 0 Å². The lowest BCUT2D eigenvalue weighted by molar-refractivity contribution is -0.120. The first kappa shape index (κ1) is 23.9. The smallest absolute Gasteiger partial charge is 0.304 e. The maximum absolute atomic E-state index is 13.9. The van der Waals surface area contributed by atoms with Crippen molar-refractivity contribution >= 4 is 27.5 Å². The van der Waals surface area contributed by atoms with E-state index in [9.17, 15) is 22.0 Å². The molecule has 2 aromatic rings. The Labute approximate surface area is 187 Å². The molecule has 1 aliphatic rings. The summed E-state index contributed by atoms with van der Waals surface area (Å²) >= 11 is 0. The number of carbonyl (C=O) groups is 1. The van der Waals surface area contributed by atoms with Crippen LogP contribution in [0.4, 0.5) is 20.2 Å². The average molecular weight is 468 g/mol. The van der Waals surface area contributed by atoms with Crippen LogP contribution in [0.2, 0.25) is 0 Å². The van der Waals surface area contributed by atoms with Gasteiger partial charge in [-0.25, -0.2) is 8.78 Å². The van der Waals surface area contributed by atoms with Gasteiger partial charge in [0.2, 0.25) is 5.91 Å². The molecule has 0 spiro atoms. The number of rotatable bonds is 8. The molecule has 0 unspecified atom stereocenters. The van der Waals surface area contributed by atoms with Crippen LogP contribution in [-0.2, 0) is 15.0 Å². The van der Waals surface area contributed by atoms with Gasteiger partial charge >= 0.3 is 10.2 Å². The summed E-state index contributed by atoms with van der Waals surface area (Å²) in [5.74, 6) is -2.13. The van der Waals surface area contributed by atoms with E-state index in [2.05, 4.69) is 5.32 Å². The number of anilines is 2. The Kier molecular flexibility index (Phi) is 7.68. The third-order valence-corrected chi connectivity index (χ3v) is 7.28. The first-order chi connectivity index (χ1) is 15.3. The Balaban J connectivity index is 1.73. The predicted molar refractivity (Wildman–Crippen MR) is 119 cm³/mol. The summed E-state index contributed by atoms with van der Waals surface area (Å²) in [4.78, 5) is 12.7. The number of amides is 1. The van der Waals surface area contributed by atoms with Crippen molar-refractivity contribution in [2.24, 2.45) is 5.92 Å². The molecule has 7 nitrogen and oxygen atoms in total. The van der Waals surface area contributed by atoms with E-state index in [-0.39, 0.29) is 25.3 Å². The quantitative estimate of drug-likeness (QED) is 0.641. The second-order valence-corrected chi connectivity index (χ2v) is 9.26. The van der Waals surface area contributed by atoms with Gasteiger partial charge in [-0.3, -0.25) is 9.10 Å². The number of halogens is 2. The van der Waals surface area contributed by atoms with Gasteiger partial charge in [-0.15, -0.1) is 0 Å². The Morgan fingerprint density at radius 3 is 2.53 bits per heavy atom. The van der Waals surface area contributed by atoms with Crippen molar-refractivity contribution in [3.63, 3.8) is 0 Å². The number of nitrogens with one attached hydrogen (secondary N) is 1. The first-order valence-electron chi connectivity index (χ1n) is 10.5. The molecular weight excluding hydrogens is 440 g/mol. The number of benzene rings is 2. The van der Waals surface area contributed by atoms with Crippen LogP contribution in [0.3, 0.4) is 0 Å². The molecule has 2 aromatic carbocycles. The fourth-order valence-electron chi connectivity index (χ4n) is 3.69. The predicted octanol–water partition coefficient (Wildman–Crippen LogP) is 3.79. The lowest BCUT2D eigenvalue weighted by Crippen LogP contribution is -2.50. The number of hydrogen-bond donors (Lipinski definition) is 1. The second kappa shape index (κ2) is 10.3. The van der Waals surface area contributed by atoms with E-state index in [0.717, 1.165) is 12.1 Å². The lowest BCUT2D eigenvalue weighted by atomic mass is 9.98. The van der Waals surface area contributed by atoms with E-state index in [1.54, 1.807) is 31.2 Å². The maximum atomic E-state index is 13.9. The van der Waals surface area contributed by atoms with Crippen molar-refractivity contribution in [2.75, 3.05) is 35.9 Å². The van der Waals surface area contributed by atoms with Gasteiger partial charge in [-0.2, -0.15) is 12.7 Å². The molecular formula is C22H27F2N3O4S. The van der Waals surface area contributed by atoms with Crippen LogP contribution >= 0.6 is 0 Å². The van der Waals surface area contributed by atoms with E-state index in [4.69, 9.17) is 4.74 Å². The minimum Gasteiger partial charge on any atom is -0.494 e. The van der Waals surface area contributed by atoms with E-state index in [1.807, 2.05) is 6.92 Å². The monoisotopic (exact) mass is 467 g/mol. The summed E-state index contributed by atoms with van der Waals surface area (Å²) < 4.78 is 61.6. The van der Waals surface area contributed by atoms with Crippen LogP contribution in [0.25, 0.3) is 0 Å². The molecule has 0 radical (unpaired) electrons. The average Bonchev–Trinajstić information content (AvgIpc) is 2.77. The Bertz CT molecular complexity index is 1050. The van der Waals surface area contributed by atoms with Crippen LogP contribution < -0.4 is 14.4 Å². The number of ether oxygens (including phenoxy) is 1. The largest absolute Gasteiger partial charge is 0.494 e. The number of piperidine rings is 1. The van der Waals surface area contributed by atoms with Crippen molar-refractivity contribution < 1.29 is 26.7 Å². The zero-order chi connectivity index (χ0) is 23.3. The number of hydrogen-bond acceptors (Lipinski definition) is 4. The van der Waals surface area contributed by atoms with Crippen LogP contribution in [0.1, 0.15) is 26.7 Å². The summed E-state index contributed by atoms with van der Waals surface area (Å²) in [6, 6.07) is 9.65. The molecule has 1 amide bonds. The van der Waals surface area contributed by atoms with Gasteiger partial charge in [0, 0.05) is 25.7 Å². The minimum atomic E-state index is -3.88. The molecule has 0 saturated carbocycles. The van der Waals surface area contributed by atoms with Gasteiger partial charge in [0.1, 0.15) is 17.4 Å². The van der Waals surface area contributed by atoms with E-state index in [1.165, 1.54) is 8.61 Å². The molecule has 1 N–H and O–H groups in total. The molecule has 32 heavy (non-hydrogen) atoms. The topological polar surface area (TPSA) is 79.0 Å². The molecule has 1 atom stereocenters. The molecule has 0 bridgehead atoms. The molecule has 0 aromatic heterocycles. The molecule has 1 aliphatic heterocycles. The van der Waals surface area contributed by atoms with Crippen LogP contribution in [0.15, 0.2) is 42.5 Å². The summed E-state index contributed by atoms with van der Waals surface area (Å²) in [5, 5.41) is 2.44. The normalized spacial score (nSPS) is 17.1. The Hall–Kier alpha value is -2.72. The summed E-state index contributed by atoms with van der Waals surface area (Å²) in [7, 11) is -3.88. The lowest BCUT2D eigenvalue weighted by Gasteiger charge is -2.35. The van der Waals surface area contributed by atoms with E-state index >= 15 is 0 Å². The molecule has 1 saturated heterocycles.